The fourth-order valence-electron chi connectivity index (χ4n) is 5.86. The summed E-state index contributed by atoms with van der Waals surface area (Å²) in [4.78, 5) is 9.48. The Hall–Kier alpha value is -7.12. The van der Waals surface area contributed by atoms with Crippen molar-refractivity contribution in [3.05, 3.63) is 83.5 Å². The number of azo groups is 1. The number of allylic oxidation sites excluding steroid dienone is 3. The largest absolute Gasteiger partial charge is 0.507 e. The van der Waals surface area contributed by atoms with E-state index in [1.807, 2.05) is 0 Å². The van der Waals surface area contributed by atoms with Crippen LogP contribution in [0.3, 0.4) is 0 Å². The molecular formula is C34H27N6O19S4+. The third-order valence-electron chi connectivity index (χ3n) is 8.68. The maximum absolute atomic E-state index is 13.2. The number of rotatable bonds is 12. The number of phenols is 4. The first-order valence-electron chi connectivity index (χ1n) is 16.6. The normalized spacial score (nSPS) is 15.0. The Morgan fingerprint density at radius 1 is 0.635 bits per heavy atom. The average Bonchev–Trinajstić information content (AvgIpc) is 3.18. The number of ether oxygens (including phenoxy) is 2. The monoisotopic (exact) mass is 951 g/mol. The van der Waals surface area contributed by atoms with Gasteiger partial charge in [0.1, 0.15) is 55.5 Å². The number of hydrogen-bond donors (Lipinski definition) is 9. The van der Waals surface area contributed by atoms with Crippen LogP contribution in [-0.4, -0.2) is 103 Å². The molecule has 9 N–H and O–H groups in total. The van der Waals surface area contributed by atoms with E-state index in [-0.39, 0.29) is 39.2 Å². The number of benzene rings is 5. The molecular weight excluding hydrogens is 925 g/mol. The highest BCUT2D eigenvalue weighted by atomic mass is 32.2. The zero-order valence-corrected chi connectivity index (χ0v) is 34.6. The number of hydrogen-bond acceptors (Lipinski definition) is 19. The highest BCUT2D eigenvalue weighted by Gasteiger charge is 2.28. The fourth-order valence-corrected chi connectivity index (χ4v) is 8.27. The Morgan fingerprint density at radius 3 is 1.71 bits per heavy atom. The third kappa shape index (κ3) is 9.24. The molecule has 5 aromatic rings. The lowest BCUT2D eigenvalue weighted by molar-refractivity contribution is -0.467. The van der Waals surface area contributed by atoms with E-state index in [0.29, 0.717) is 30.3 Å². The second kappa shape index (κ2) is 16.3. The lowest BCUT2D eigenvalue weighted by Gasteiger charge is -2.15. The number of anilines is 1. The molecule has 0 heterocycles. The summed E-state index contributed by atoms with van der Waals surface area (Å²) in [5.74, 6) is -4.17. The first-order chi connectivity index (χ1) is 29.2. The zero-order chi connectivity index (χ0) is 46.6. The molecule has 330 valence electrons. The third-order valence-corrected chi connectivity index (χ3v) is 12.1. The summed E-state index contributed by atoms with van der Waals surface area (Å²) < 4.78 is 145. The van der Waals surface area contributed by atoms with Gasteiger partial charge in [-0.25, -0.2) is 0 Å². The van der Waals surface area contributed by atoms with Gasteiger partial charge in [-0.1, -0.05) is 0 Å². The Kier molecular flexibility index (Phi) is 11.7. The number of nitrogens with one attached hydrogen (secondary N) is 1. The van der Waals surface area contributed by atoms with E-state index in [4.69, 9.17) is 9.47 Å². The summed E-state index contributed by atoms with van der Waals surface area (Å²) in [6.07, 6.45) is 3.66. The van der Waals surface area contributed by atoms with Crippen LogP contribution >= 0.6 is 0 Å². The zero-order valence-electron chi connectivity index (χ0n) is 31.4. The summed E-state index contributed by atoms with van der Waals surface area (Å²) in [5, 5.41) is 56.3. The number of hydrazone groups is 2. The van der Waals surface area contributed by atoms with Crippen molar-refractivity contribution < 1.29 is 86.7 Å². The van der Waals surface area contributed by atoms with Gasteiger partial charge in [-0.15, -0.1) is 10.2 Å². The summed E-state index contributed by atoms with van der Waals surface area (Å²) in [5.41, 5.74) is 0.0169. The predicted molar refractivity (Wildman–Crippen MR) is 217 cm³/mol. The minimum absolute atomic E-state index is 0.0632. The van der Waals surface area contributed by atoms with Gasteiger partial charge in [-0.3, -0.25) is 23.6 Å². The van der Waals surface area contributed by atoms with Gasteiger partial charge < -0.3 is 29.9 Å². The molecule has 5 aromatic carbocycles. The lowest BCUT2D eigenvalue weighted by Crippen LogP contribution is -2.13. The number of nitroso groups, excluding NO2 is 1. The molecule has 0 saturated heterocycles. The van der Waals surface area contributed by atoms with E-state index < -0.39 is 116 Å². The standard InChI is InChI=1S/C34H26N6O19S4/c1-58-25-11-17(3-5-21(25)35-37-31-27(62(52,53)54)9-15-7-19(60(46,47)48)13-23(41)29(15)33(31)43)39-40(45)18-4-6-22(26(12-18)59-2)36-38-32-28(63(55,56)57)10-16-8-20(61(49,50)51)14-24(42)30(16)34(32)44/h3-14H,1-2H3,(H8-,35,36,37,38,39,41,42,43,44,45,46,47,48,49,50,51,52,53,54,55,56,57)/p+1. The predicted octanol–water partition coefficient (Wildman–Crippen LogP) is 4.56. The molecule has 0 spiro atoms. The van der Waals surface area contributed by atoms with Gasteiger partial charge in [0.25, 0.3) is 46.2 Å². The molecule has 1 aliphatic carbocycles. The van der Waals surface area contributed by atoms with Gasteiger partial charge in [0.2, 0.25) is 0 Å². The van der Waals surface area contributed by atoms with Crippen molar-refractivity contribution in [3.8, 4) is 28.7 Å². The molecule has 1 aliphatic rings. The van der Waals surface area contributed by atoms with Gasteiger partial charge >= 0.3 is 0 Å². The lowest BCUT2D eigenvalue weighted by atomic mass is 10.1. The Bertz CT molecular complexity index is 3460. The highest BCUT2D eigenvalue weighted by Crippen LogP contribution is 2.47. The summed E-state index contributed by atoms with van der Waals surface area (Å²) in [7, 11) is -17.8. The van der Waals surface area contributed by atoms with E-state index in [2.05, 4.69) is 25.9 Å². The summed E-state index contributed by atoms with van der Waals surface area (Å²) >= 11 is 0. The number of phenolic OH excluding ortho intramolecular Hbond substituents is 4. The van der Waals surface area contributed by atoms with Crippen molar-refractivity contribution in [1.29, 1.82) is 0 Å². The van der Waals surface area contributed by atoms with Gasteiger partial charge in [-0.05, 0) is 53.3 Å². The summed E-state index contributed by atoms with van der Waals surface area (Å²) in [6, 6.07) is 7.38. The molecule has 0 fully saturated rings. The number of nitrogens with zero attached hydrogens (tertiary/aromatic N) is 5. The molecule has 0 saturated carbocycles. The van der Waals surface area contributed by atoms with E-state index in [0.717, 1.165) is 31.4 Å². The molecule has 6 rings (SSSR count). The van der Waals surface area contributed by atoms with Crippen LogP contribution in [0.4, 0.5) is 22.7 Å². The van der Waals surface area contributed by atoms with E-state index in [1.165, 1.54) is 25.3 Å². The minimum Gasteiger partial charge on any atom is -0.507 e. The average molecular weight is 952 g/mol. The Labute approximate surface area is 353 Å². The van der Waals surface area contributed by atoms with Crippen LogP contribution < -0.4 is 10.2 Å². The summed E-state index contributed by atoms with van der Waals surface area (Å²) in [6.45, 7) is 0. The second-order valence-corrected chi connectivity index (χ2v) is 18.3. The minimum atomic E-state index is -5.21. The second-order valence-electron chi connectivity index (χ2n) is 12.7. The number of methoxy groups -OCH3 is 2. The van der Waals surface area contributed by atoms with Crippen LogP contribution in [0.2, 0.25) is 0 Å². The first-order valence-corrected chi connectivity index (χ1v) is 22.4. The van der Waals surface area contributed by atoms with Crippen molar-refractivity contribution in [2.45, 2.75) is 19.6 Å². The molecule has 0 aromatic heterocycles. The topological polar surface area (TPSA) is 398 Å². The maximum atomic E-state index is 13.2. The van der Waals surface area contributed by atoms with Crippen LogP contribution in [0.15, 0.2) is 119 Å². The Morgan fingerprint density at radius 2 is 1.19 bits per heavy atom. The van der Waals surface area contributed by atoms with Gasteiger partial charge in [0, 0.05) is 24.3 Å². The van der Waals surface area contributed by atoms with Crippen molar-refractivity contribution in [2.24, 2.45) is 20.4 Å². The fraction of sp³-hybridized carbons (Fsp3) is 0.0588. The first kappa shape index (κ1) is 45.4. The molecule has 25 nitrogen and oxygen atoms in total. The SMILES string of the molecule is COC1=CC(=N[N+](=O)c2ccc(N=Nc3c(S(=O)(=O)O)cc4cc(S(=O)(=O)O)cc(O)c4c3O)c(OC)c2)C=CC1=NNc1c(S(=O)(=O)O)cc2cc(S(=O)(=O)O)cc(O)c2c1O. The van der Waals surface area contributed by atoms with E-state index in [1.54, 1.807) is 0 Å². The van der Waals surface area contributed by atoms with Gasteiger partial charge in [0.15, 0.2) is 22.1 Å². The number of fused-ring (bicyclic) bond motifs is 2. The van der Waals surface area contributed by atoms with Crippen molar-refractivity contribution in [3.63, 3.8) is 0 Å². The van der Waals surface area contributed by atoms with Crippen LogP contribution in [0.5, 0.6) is 28.7 Å². The van der Waals surface area contributed by atoms with Crippen LogP contribution in [0, 0.1) is 4.91 Å². The quantitative estimate of drug-likeness (QED) is 0.0207. The molecule has 0 aliphatic heterocycles. The van der Waals surface area contributed by atoms with Crippen LogP contribution in [0.25, 0.3) is 21.5 Å². The molecule has 0 unspecified atom stereocenters. The van der Waals surface area contributed by atoms with Crippen LogP contribution in [-0.2, 0) is 45.2 Å². The van der Waals surface area contributed by atoms with Crippen molar-refractivity contribution >= 4 is 96.2 Å². The molecule has 0 amide bonds. The van der Waals surface area contributed by atoms with Gasteiger partial charge in [0.05, 0.1) is 50.9 Å². The smallest absolute Gasteiger partial charge is 0.298 e. The molecule has 29 heteroatoms. The Balaban J connectivity index is 1.29. The molecule has 63 heavy (non-hydrogen) atoms. The maximum Gasteiger partial charge on any atom is 0.298 e. The molecule has 0 bridgehead atoms. The number of aromatic hydroxyl groups is 4. The van der Waals surface area contributed by atoms with E-state index in [9.17, 15) is 77.2 Å². The highest BCUT2D eigenvalue weighted by molar-refractivity contribution is 7.86. The van der Waals surface area contributed by atoms with E-state index >= 15 is 0 Å². The van der Waals surface area contributed by atoms with Crippen molar-refractivity contribution in [2.75, 3.05) is 19.6 Å². The van der Waals surface area contributed by atoms with Crippen LogP contribution in [0.1, 0.15) is 0 Å². The van der Waals surface area contributed by atoms with Gasteiger partial charge in [-0.2, -0.15) is 38.8 Å². The molecule has 0 atom stereocenters. The van der Waals surface area contributed by atoms with Crippen molar-refractivity contribution in [1.82, 2.24) is 0 Å². The molecule has 0 radical (unpaired) electrons.